The second-order valence-electron chi connectivity index (χ2n) is 6.47. The quantitative estimate of drug-likeness (QED) is 0.515. The second-order valence-corrected chi connectivity index (χ2v) is 8.23. The molecule has 0 saturated heterocycles. The molecule has 3 rings (SSSR count). The van der Waals surface area contributed by atoms with E-state index >= 15 is 0 Å². The topological polar surface area (TPSA) is 88.9 Å². The normalized spacial score (nSPS) is 10.7. The maximum Gasteiger partial charge on any atom is 0.251 e. The molecule has 0 unspecified atom stereocenters. The number of aromatic nitrogens is 3. The van der Waals surface area contributed by atoms with Crippen LogP contribution in [0, 0.1) is 6.92 Å². The van der Waals surface area contributed by atoms with Crippen LogP contribution < -0.4 is 10.6 Å². The van der Waals surface area contributed by atoms with E-state index in [1.807, 2.05) is 31.2 Å². The number of carbonyl (C=O) groups is 2. The summed E-state index contributed by atoms with van der Waals surface area (Å²) in [4.78, 5) is 24.4. The zero-order chi connectivity index (χ0) is 21.7. The van der Waals surface area contributed by atoms with Crippen molar-refractivity contribution in [2.24, 2.45) is 7.05 Å². The van der Waals surface area contributed by atoms with Gasteiger partial charge in [0, 0.05) is 18.3 Å². The molecule has 0 aliphatic rings. The first-order valence-corrected chi connectivity index (χ1v) is 10.7. The van der Waals surface area contributed by atoms with Crippen LogP contribution in [0.5, 0.6) is 0 Å². The molecule has 0 bridgehead atoms. The van der Waals surface area contributed by atoms with Crippen LogP contribution in [-0.2, 0) is 18.4 Å². The highest BCUT2D eigenvalue weighted by molar-refractivity contribution is 7.99. The summed E-state index contributed by atoms with van der Waals surface area (Å²) < 4.78 is 1.74. The predicted octanol–water partition coefficient (Wildman–Crippen LogP) is 4.09. The highest BCUT2D eigenvalue weighted by Crippen LogP contribution is 2.22. The van der Waals surface area contributed by atoms with Crippen molar-refractivity contribution >= 4 is 52.5 Å². The summed E-state index contributed by atoms with van der Waals surface area (Å²) in [5.74, 6) is 0.310. The van der Waals surface area contributed by atoms with Crippen molar-refractivity contribution in [2.75, 3.05) is 11.1 Å². The Hall–Kier alpha value is -2.55. The number of hydrogen-bond donors (Lipinski definition) is 2. The standard InChI is InChI=1S/C20H19Cl2N5O2S/c1-12-3-6-14(7-4-12)24-18(28)11-30-20-26-25-17(27(20)2)10-23-19(29)13-5-8-15(21)16(22)9-13/h3-9H,10-11H2,1-2H3,(H,23,29)(H,24,28). The van der Waals surface area contributed by atoms with Gasteiger partial charge in [0.1, 0.15) is 0 Å². The van der Waals surface area contributed by atoms with Crippen molar-refractivity contribution in [2.45, 2.75) is 18.6 Å². The van der Waals surface area contributed by atoms with Gasteiger partial charge in [0.2, 0.25) is 5.91 Å². The maximum atomic E-state index is 12.3. The molecule has 0 aliphatic carbocycles. The first-order chi connectivity index (χ1) is 14.3. The third-order valence-electron chi connectivity index (χ3n) is 4.18. The molecule has 1 aromatic heterocycles. The molecular formula is C20H19Cl2N5O2S. The number of nitrogens with one attached hydrogen (secondary N) is 2. The van der Waals surface area contributed by atoms with E-state index in [0.29, 0.717) is 26.6 Å². The van der Waals surface area contributed by atoms with Crippen molar-refractivity contribution in [1.82, 2.24) is 20.1 Å². The number of rotatable bonds is 7. The molecule has 0 radical (unpaired) electrons. The van der Waals surface area contributed by atoms with Crippen molar-refractivity contribution in [3.05, 3.63) is 69.5 Å². The van der Waals surface area contributed by atoms with Crippen molar-refractivity contribution in [1.29, 1.82) is 0 Å². The summed E-state index contributed by atoms with van der Waals surface area (Å²) in [7, 11) is 1.78. The largest absolute Gasteiger partial charge is 0.345 e. The summed E-state index contributed by atoms with van der Waals surface area (Å²) in [5.41, 5.74) is 2.27. The fourth-order valence-corrected chi connectivity index (χ4v) is 3.52. The molecule has 0 atom stereocenters. The van der Waals surface area contributed by atoms with Gasteiger partial charge >= 0.3 is 0 Å². The van der Waals surface area contributed by atoms with Crippen LogP contribution in [-0.4, -0.2) is 32.3 Å². The lowest BCUT2D eigenvalue weighted by atomic mass is 10.2. The Morgan fingerprint density at radius 3 is 2.50 bits per heavy atom. The zero-order valence-electron chi connectivity index (χ0n) is 16.3. The number of benzene rings is 2. The van der Waals surface area contributed by atoms with Gasteiger partial charge in [-0.25, -0.2) is 0 Å². The van der Waals surface area contributed by atoms with Crippen LogP contribution in [0.1, 0.15) is 21.7 Å². The molecular weight excluding hydrogens is 445 g/mol. The summed E-state index contributed by atoms with van der Waals surface area (Å²) in [6, 6.07) is 12.2. The number of halogens is 2. The van der Waals surface area contributed by atoms with Gasteiger partial charge in [0.05, 0.1) is 22.3 Å². The van der Waals surface area contributed by atoms with E-state index in [0.717, 1.165) is 11.3 Å². The summed E-state index contributed by atoms with van der Waals surface area (Å²) >= 11 is 13.1. The number of carbonyl (C=O) groups excluding carboxylic acids is 2. The number of anilines is 1. The van der Waals surface area contributed by atoms with E-state index < -0.39 is 0 Å². The number of hydrogen-bond acceptors (Lipinski definition) is 5. The highest BCUT2D eigenvalue weighted by Gasteiger charge is 2.14. The van der Waals surface area contributed by atoms with E-state index in [1.165, 1.54) is 17.8 Å². The lowest BCUT2D eigenvalue weighted by molar-refractivity contribution is -0.113. The summed E-state index contributed by atoms with van der Waals surface area (Å²) in [5, 5.41) is 15.0. The minimum atomic E-state index is -0.303. The van der Waals surface area contributed by atoms with E-state index in [-0.39, 0.29) is 24.1 Å². The number of nitrogens with zero attached hydrogens (tertiary/aromatic N) is 3. The van der Waals surface area contributed by atoms with Crippen LogP contribution in [0.15, 0.2) is 47.6 Å². The fraction of sp³-hybridized carbons (Fsp3) is 0.200. The van der Waals surface area contributed by atoms with E-state index in [4.69, 9.17) is 23.2 Å². The van der Waals surface area contributed by atoms with E-state index in [2.05, 4.69) is 20.8 Å². The molecule has 2 amide bonds. The summed E-state index contributed by atoms with van der Waals surface area (Å²) in [6.45, 7) is 2.17. The van der Waals surface area contributed by atoms with Crippen LogP contribution >= 0.6 is 35.0 Å². The lowest BCUT2D eigenvalue weighted by Gasteiger charge is -2.07. The third kappa shape index (κ3) is 5.75. The van der Waals surface area contributed by atoms with Crippen LogP contribution in [0.25, 0.3) is 0 Å². The predicted molar refractivity (Wildman–Crippen MR) is 119 cm³/mol. The molecule has 10 heteroatoms. The molecule has 0 spiro atoms. The van der Waals surface area contributed by atoms with Gasteiger partial charge in [0.15, 0.2) is 11.0 Å². The Morgan fingerprint density at radius 1 is 1.07 bits per heavy atom. The van der Waals surface area contributed by atoms with Crippen molar-refractivity contribution in [3.63, 3.8) is 0 Å². The lowest BCUT2D eigenvalue weighted by Crippen LogP contribution is -2.24. The van der Waals surface area contributed by atoms with Gasteiger partial charge < -0.3 is 15.2 Å². The van der Waals surface area contributed by atoms with Gasteiger partial charge in [0.25, 0.3) is 5.91 Å². The first kappa shape index (κ1) is 22.1. The number of aryl methyl sites for hydroxylation is 1. The molecule has 30 heavy (non-hydrogen) atoms. The Morgan fingerprint density at radius 2 is 1.80 bits per heavy atom. The van der Waals surface area contributed by atoms with Crippen LogP contribution in [0.3, 0.4) is 0 Å². The number of thioether (sulfide) groups is 1. The maximum absolute atomic E-state index is 12.3. The Bertz CT molecular complexity index is 1070. The fourth-order valence-electron chi connectivity index (χ4n) is 2.49. The highest BCUT2D eigenvalue weighted by atomic mass is 35.5. The molecule has 156 valence electrons. The average molecular weight is 464 g/mol. The second kappa shape index (κ2) is 9.97. The zero-order valence-corrected chi connectivity index (χ0v) is 18.6. The minimum Gasteiger partial charge on any atom is -0.345 e. The third-order valence-corrected chi connectivity index (χ3v) is 5.94. The molecule has 7 nitrogen and oxygen atoms in total. The molecule has 3 aromatic rings. The molecule has 0 saturated carbocycles. The average Bonchev–Trinajstić information content (AvgIpc) is 3.08. The monoisotopic (exact) mass is 463 g/mol. The molecule has 0 fully saturated rings. The Labute approximate surface area is 188 Å². The van der Waals surface area contributed by atoms with Crippen molar-refractivity contribution in [3.8, 4) is 0 Å². The smallest absolute Gasteiger partial charge is 0.251 e. The van der Waals surface area contributed by atoms with Gasteiger partial charge in [-0.05, 0) is 37.3 Å². The van der Waals surface area contributed by atoms with Crippen LogP contribution in [0.4, 0.5) is 5.69 Å². The molecule has 1 heterocycles. The van der Waals surface area contributed by atoms with Crippen LogP contribution in [0.2, 0.25) is 10.0 Å². The van der Waals surface area contributed by atoms with Gasteiger partial charge in [-0.2, -0.15) is 0 Å². The molecule has 0 aliphatic heterocycles. The van der Waals surface area contributed by atoms with Crippen molar-refractivity contribution < 1.29 is 9.59 Å². The molecule has 2 aromatic carbocycles. The van der Waals surface area contributed by atoms with Gasteiger partial charge in [-0.3, -0.25) is 9.59 Å². The molecule has 2 N–H and O–H groups in total. The van der Waals surface area contributed by atoms with Gasteiger partial charge in [-0.1, -0.05) is 52.7 Å². The Kier molecular flexibility index (Phi) is 7.36. The number of amides is 2. The summed E-state index contributed by atoms with van der Waals surface area (Å²) in [6.07, 6.45) is 0. The first-order valence-electron chi connectivity index (χ1n) is 8.94. The van der Waals surface area contributed by atoms with Gasteiger partial charge in [-0.15, -0.1) is 10.2 Å². The Balaban J connectivity index is 1.52. The van der Waals surface area contributed by atoms with E-state index in [1.54, 1.807) is 23.7 Å². The SMILES string of the molecule is Cc1ccc(NC(=O)CSc2nnc(CNC(=O)c3ccc(Cl)c(Cl)c3)n2C)cc1. The van der Waals surface area contributed by atoms with E-state index in [9.17, 15) is 9.59 Å². The minimum absolute atomic E-state index is 0.138.